The van der Waals surface area contributed by atoms with E-state index < -0.39 is 0 Å². The monoisotopic (exact) mass is 345 g/mol. The molecule has 1 aliphatic carbocycles. The quantitative estimate of drug-likeness (QED) is 0.493. The van der Waals surface area contributed by atoms with Crippen molar-refractivity contribution in [2.45, 2.75) is 46.0 Å². The first-order valence-electron chi connectivity index (χ1n) is 9.78. The van der Waals surface area contributed by atoms with Crippen LogP contribution < -0.4 is 0 Å². The Labute approximate surface area is 158 Å². The Morgan fingerprint density at radius 3 is 2.73 bits per heavy atom. The van der Waals surface area contributed by atoms with E-state index >= 15 is 0 Å². The van der Waals surface area contributed by atoms with Gasteiger partial charge in [0.25, 0.3) is 0 Å². The molecule has 1 atom stereocenters. The normalized spacial score (nSPS) is 16.2. The van der Waals surface area contributed by atoms with E-state index in [-0.39, 0.29) is 0 Å². The molecule has 0 aliphatic heterocycles. The zero-order valence-corrected chi connectivity index (χ0v) is 16.2. The highest BCUT2D eigenvalue weighted by Gasteiger charge is 2.18. The lowest BCUT2D eigenvalue weighted by molar-refractivity contribution is 0.686. The molecule has 0 spiro atoms. The van der Waals surface area contributed by atoms with E-state index in [1.807, 2.05) is 12.3 Å². The van der Waals surface area contributed by atoms with Crippen molar-refractivity contribution in [3.8, 4) is 0 Å². The highest BCUT2D eigenvalue weighted by molar-refractivity contribution is 5.92. The van der Waals surface area contributed by atoms with Crippen LogP contribution in [0, 0.1) is 5.92 Å². The fourth-order valence-corrected chi connectivity index (χ4v) is 3.15. The van der Waals surface area contributed by atoms with Crippen molar-refractivity contribution in [1.82, 2.24) is 4.98 Å². The minimum absolute atomic E-state index is 0.538. The molecule has 1 aromatic heterocycles. The van der Waals surface area contributed by atoms with Crippen LogP contribution in [0.3, 0.4) is 0 Å². The van der Waals surface area contributed by atoms with E-state index in [0.717, 1.165) is 31.4 Å². The molecule has 26 heavy (non-hydrogen) atoms. The van der Waals surface area contributed by atoms with Crippen molar-refractivity contribution in [3.63, 3.8) is 0 Å². The number of rotatable bonds is 6. The maximum absolute atomic E-state index is 4.68. The van der Waals surface area contributed by atoms with Gasteiger partial charge in [0, 0.05) is 11.6 Å². The molecule has 1 nitrogen and oxygen atoms in total. The third-order valence-corrected chi connectivity index (χ3v) is 4.54. The topological polar surface area (TPSA) is 12.9 Å². The molecule has 0 N–H and O–H groups in total. The van der Waals surface area contributed by atoms with Gasteiger partial charge in [0.1, 0.15) is 0 Å². The number of fused-ring (bicyclic) bond motifs is 1. The Morgan fingerprint density at radius 1 is 1.15 bits per heavy atom. The summed E-state index contributed by atoms with van der Waals surface area (Å²) in [5, 5.41) is 2.52. The molecule has 1 unspecified atom stereocenters. The van der Waals surface area contributed by atoms with Gasteiger partial charge in [0.2, 0.25) is 0 Å². The third kappa shape index (κ3) is 5.56. The minimum Gasteiger partial charge on any atom is -0.256 e. The lowest BCUT2D eigenvalue weighted by atomic mass is 9.85. The average Bonchev–Trinajstić information content (AvgIpc) is 2.69. The van der Waals surface area contributed by atoms with Gasteiger partial charge < -0.3 is 0 Å². The fourth-order valence-electron chi connectivity index (χ4n) is 3.15. The largest absolute Gasteiger partial charge is 0.256 e. The highest BCUT2D eigenvalue weighted by Crippen LogP contribution is 2.34. The Balaban J connectivity index is 0.000000431. The van der Waals surface area contributed by atoms with Gasteiger partial charge in [-0.15, -0.1) is 6.58 Å². The molecule has 0 amide bonds. The summed E-state index contributed by atoms with van der Waals surface area (Å²) in [6, 6.07) is 10.6. The van der Waals surface area contributed by atoms with Crippen molar-refractivity contribution in [3.05, 3.63) is 85.3 Å². The smallest absolute Gasteiger partial charge is 0.0742 e. The van der Waals surface area contributed by atoms with Gasteiger partial charge in [-0.2, -0.15) is 0 Å². The number of hydrogen-bond acceptors (Lipinski definition) is 1. The van der Waals surface area contributed by atoms with Crippen molar-refractivity contribution < 1.29 is 0 Å². The minimum atomic E-state index is 0.538. The van der Waals surface area contributed by atoms with E-state index in [4.69, 9.17) is 0 Å². The first-order chi connectivity index (χ1) is 12.8. The van der Waals surface area contributed by atoms with Crippen LogP contribution in [0.15, 0.2) is 79.6 Å². The van der Waals surface area contributed by atoms with Crippen molar-refractivity contribution >= 4 is 16.3 Å². The molecule has 1 heterocycles. The van der Waals surface area contributed by atoms with Gasteiger partial charge in [-0.25, -0.2) is 0 Å². The molecular formula is C25H31N. The second-order valence-corrected chi connectivity index (χ2v) is 6.56. The summed E-state index contributed by atoms with van der Waals surface area (Å²) in [5.41, 5.74) is 2.52. The lowest BCUT2D eigenvalue weighted by Crippen LogP contribution is -2.06. The second-order valence-electron chi connectivity index (χ2n) is 6.56. The fraction of sp³-hybridized carbons (Fsp3) is 0.320. The zero-order chi connectivity index (χ0) is 18.6. The van der Waals surface area contributed by atoms with Crippen LogP contribution in [0.25, 0.3) is 16.3 Å². The van der Waals surface area contributed by atoms with E-state index in [9.17, 15) is 0 Å². The third-order valence-electron chi connectivity index (χ3n) is 4.54. The summed E-state index contributed by atoms with van der Waals surface area (Å²) in [6.07, 6.45) is 20.8. The molecule has 0 bridgehead atoms. The Bertz CT molecular complexity index is 774. The Morgan fingerprint density at radius 2 is 2.00 bits per heavy atom. The van der Waals surface area contributed by atoms with E-state index in [2.05, 4.69) is 86.1 Å². The van der Waals surface area contributed by atoms with Gasteiger partial charge in [-0.1, -0.05) is 81.0 Å². The van der Waals surface area contributed by atoms with Crippen LogP contribution in [0.4, 0.5) is 0 Å². The van der Waals surface area contributed by atoms with Crippen LogP contribution in [-0.4, -0.2) is 4.98 Å². The first-order valence-corrected chi connectivity index (χ1v) is 9.78. The number of hydrogen-bond donors (Lipinski definition) is 0. The molecule has 0 saturated carbocycles. The maximum atomic E-state index is 4.68. The molecule has 2 aromatic rings. The summed E-state index contributed by atoms with van der Waals surface area (Å²) in [5.74, 6) is 0.538. The lowest BCUT2D eigenvalue weighted by Gasteiger charge is -2.21. The van der Waals surface area contributed by atoms with Gasteiger partial charge in [-0.05, 0) is 48.6 Å². The standard InChI is InChI=1S/C20H21N.C5H10/c1-2-3-4-9-16-10-5-7-12-18(16)20-19-13-8-6-11-17(19)14-15-21-20;1-3-5-4-2/h3-8,11-16H,2,9-10H2,1H3;3H,1,4-5H2,2H3. The molecule has 1 aliphatic rings. The maximum Gasteiger partial charge on any atom is 0.0742 e. The van der Waals surface area contributed by atoms with E-state index in [1.165, 1.54) is 22.8 Å². The van der Waals surface area contributed by atoms with Crippen molar-refractivity contribution in [2.75, 3.05) is 0 Å². The summed E-state index contributed by atoms with van der Waals surface area (Å²) in [6.45, 7) is 7.87. The van der Waals surface area contributed by atoms with Crippen LogP contribution in [0.1, 0.15) is 51.6 Å². The number of nitrogens with zero attached hydrogens (tertiary/aromatic N) is 1. The summed E-state index contributed by atoms with van der Waals surface area (Å²) in [7, 11) is 0. The number of aromatic nitrogens is 1. The predicted octanol–water partition coefficient (Wildman–Crippen LogP) is 7.52. The van der Waals surface area contributed by atoms with Crippen LogP contribution in [-0.2, 0) is 0 Å². The first kappa shape index (κ1) is 19.9. The summed E-state index contributed by atoms with van der Waals surface area (Å²) >= 11 is 0. The number of allylic oxidation sites excluding steroid dienone is 7. The number of pyridine rings is 1. The van der Waals surface area contributed by atoms with Gasteiger partial charge in [-0.3, -0.25) is 4.98 Å². The highest BCUT2D eigenvalue weighted by atomic mass is 14.7. The predicted molar refractivity (Wildman–Crippen MR) is 116 cm³/mol. The Hall–Kier alpha value is -2.41. The number of unbranched alkanes of at least 4 members (excludes halogenated alkanes) is 1. The molecule has 0 fully saturated rings. The molecule has 136 valence electrons. The number of benzene rings is 1. The van der Waals surface area contributed by atoms with Gasteiger partial charge in [0.15, 0.2) is 0 Å². The van der Waals surface area contributed by atoms with E-state index in [1.54, 1.807) is 0 Å². The average molecular weight is 346 g/mol. The van der Waals surface area contributed by atoms with Crippen LogP contribution in [0.2, 0.25) is 0 Å². The van der Waals surface area contributed by atoms with Crippen molar-refractivity contribution in [2.24, 2.45) is 5.92 Å². The van der Waals surface area contributed by atoms with Crippen LogP contribution in [0.5, 0.6) is 0 Å². The summed E-state index contributed by atoms with van der Waals surface area (Å²) < 4.78 is 0. The second kappa shape index (κ2) is 11.3. The Kier molecular flexibility index (Phi) is 8.62. The van der Waals surface area contributed by atoms with Gasteiger partial charge in [0.05, 0.1) is 5.69 Å². The van der Waals surface area contributed by atoms with Gasteiger partial charge >= 0.3 is 0 Å². The van der Waals surface area contributed by atoms with Crippen LogP contribution >= 0.6 is 0 Å². The van der Waals surface area contributed by atoms with Crippen molar-refractivity contribution in [1.29, 1.82) is 0 Å². The summed E-state index contributed by atoms with van der Waals surface area (Å²) in [4.78, 5) is 4.68. The SMILES string of the molecule is C=CCCC.CCC=CCC1CC=CC=C1c1nccc2ccccc12. The van der Waals surface area contributed by atoms with E-state index in [0.29, 0.717) is 5.92 Å². The molecular weight excluding hydrogens is 314 g/mol. The molecule has 3 rings (SSSR count). The molecule has 0 radical (unpaired) electrons. The molecule has 0 saturated heterocycles. The zero-order valence-electron chi connectivity index (χ0n) is 16.2. The molecule has 1 aromatic carbocycles. The molecule has 1 heteroatoms.